The Labute approximate surface area is 109 Å². The second kappa shape index (κ2) is 6.64. The van der Waals surface area contributed by atoms with Crippen LogP contribution in [0.3, 0.4) is 0 Å². The fourth-order valence-corrected chi connectivity index (χ4v) is 2.42. The summed E-state index contributed by atoms with van der Waals surface area (Å²) in [6, 6.07) is 4.24. The summed E-state index contributed by atoms with van der Waals surface area (Å²) in [5.74, 6) is 1.88. The van der Waals surface area contributed by atoms with E-state index in [9.17, 15) is 0 Å². The van der Waals surface area contributed by atoms with Crippen molar-refractivity contribution in [2.24, 2.45) is 5.73 Å². The molecule has 1 aliphatic heterocycles. The third kappa shape index (κ3) is 2.96. The first-order valence-corrected chi connectivity index (χ1v) is 6.97. The smallest absolute Gasteiger partial charge is 0.164 e. The van der Waals surface area contributed by atoms with Crippen molar-refractivity contribution in [3.05, 3.63) is 23.3 Å². The van der Waals surface area contributed by atoms with Crippen LogP contribution in [-0.2, 0) is 12.8 Å². The second-order valence-electron chi connectivity index (χ2n) is 4.68. The molecule has 18 heavy (non-hydrogen) atoms. The minimum atomic E-state index is 0.753. The van der Waals surface area contributed by atoms with E-state index in [-0.39, 0.29) is 0 Å². The maximum absolute atomic E-state index is 5.87. The SMILES string of the molecule is CCc1c(CCCCN)ccc2c1OCCCO2. The highest BCUT2D eigenvalue weighted by Crippen LogP contribution is 2.36. The number of nitrogens with two attached hydrogens (primary N) is 1. The lowest BCUT2D eigenvalue weighted by Crippen LogP contribution is -2.03. The highest BCUT2D eigenvalue weighted by molar-refractivity contribution is 5.51. The molecule has 0 fully saturated rings. The molecule has 1 aliphatic rings. The van der Waals surface area contributed by atoms with Gasteiger partial charge in [0.2, 0.25) is 0 Å². The van der Waals surface area contributed by atoms with Gasteiger partial charge in [0, 0.05) is 12.0 Å². The summed E-state index contributed by atoms with van der Waals surface area (Å²) in [5, 5.41) is 0. The first-order chi connectivity index (χ1) is 8.86. The van der Waals surface area contributed by atoms with E-state index in [0.717, 1.165) is 63.4 Å². The molecular weight excluding hydrogens is 226 g/mol. The average Bonchev–Trinajstić information content (AvgIpc) is 2.64. The van der Waals surface area contributed by atoms with Crippen molar-refractivity contribution >= 4 is 0 Å². The lowest BCUT2D eigenvalue weighted by atomic mass is 9.98. The van der Waals surface area contributed by atoms with Crippen molar-refractivity contribution in [1.82, 2.24) is 0 Å². The standard InChI is InChI=1S/C15H23NO2/c1-2-13-12(6-3-4-9-16)7-8-14-15(13)18-11-5-10-17-14/h7-8H,2-6,9-11,16H2,1H3. The number of benzene rings is 1. The van der Waals surface area contributed by atoms with Gasteiger partial charge in [-0.25, -0.2) is 0 Å². The van der Waals surface area contributed by atoms with E-state index in [0.29, 0.717) is 0 Å². The van der Waals surface area contributed by atoms with Gasteiger partial charge in [-0.05, 0) is 43.9 Å². The Hall–Kier alpha value is -1.22. The minimum absolute atomic E-state index is 0.753. The molecule has 1 heterocycles. The van der Waals surface area contributed by atoms with Gasteiger partial charge in [0.1, 0.15) is 0 Å². The molecule has 0 aliphatic carbocycles. The average molecular weight is 249 g/mol. The molecule has 0 spiro atoms. The molecule has 2 N–H and O–H groups in total. The zero-order valence-corrected chi connectivity index (χ0v) is 11.2. The van der Waals surface area contributed by atoms with Crippen molar-refractivity contribution in [2.45, 2.75) is 39.0 Å². The van der Waals surface area contributed by atoms with Crippen LogP contribution in [0.2, 0.25) is 0 Å². The first kappa shape index (κ1) is 13.2. The number of ether oxygens (including phenoxy) is 2. The number of unbranched alkanes of at least 4 members (excludes halogenated alkanes) is 1. The maximum atomic E-state index is 5.87. The molecule has 0 atom stereocenters. The summed E-state index contributed by atoms with van der Waals surface area (Å²) in [4.78, 5) is 0. The van der Waals surface area contributed by atoms with E-state index in [1.165, 1.54) is 11.1 Å². The van der Waals surface area contributed by atoms with Crippen LogP contribution < -0.4 is 15.2 Å². The Morgan fingerprint density at radius 1 is 1.17 bits per heavy atom. The van der Waals surface area contributed by atoms with E-state index >= 15 is 0 Å². The molecule has 2 rings (SSSR count). The molecule has 0 radical (unpaired) electrons. The topological polar surface area (TPSA) is 44.5 Å². The summed E-state index contributed by atoms with van der Waals surface area (Å²) < 4.78 is 11.6. The molecule has 0 amide bonds. The van der Waals surface area contributed by atoms with E-state index in [1.54, 1.807) is 0 Å². The van der Waals surface area contributed by atoms with E-state index in [1.807, 2.05) is 0 Å². The molecule has 100 valence electrons. The van der Waals surface area contributed by atoms with Crippen LogP contribution in [-0.4, -0.2) is 19.8 Å². The largest absolute Gasteiger partial charge is 0.490 e. The molecule has 0 aromatic heterocycles. The number of hydrogen-bond donors (Lipinski definition) is 1. The molecule has 0 unspecified atom stereocenters. The van der Waals surface area contributed by atoms with Crippen LogP contribution in [0, 0.1) is 0 Å². The second-order valence-corrected chi connectivity index (χ2v) is 4.68. The summed E-state index contributed by atoms with van der Waals surface area (Å²) in [6.45, 7) is 4.46. The molecule has 3 nitrogen and oxygen atoms in total. The Morgan fingerprint density at radius 3 is 2.78 bits per heavy atom. The summed E-state index contributed by atoms with van der Waals surface area (Å²) in [7, 11) is 0. The van der Waals surface area contributed by atoms with Gasteiger partial charge in [0.25, 0.3) is 0 Å². The highest BCUT2D eigenvalue weighted by Gasteiger charge is 2.16. The molecule has 0 saturated carbocycles. The van der Waals surface area contributed by atoms with Crippen LogP contribution >= 0.6 is 0 Å². The van der Waals surface area contributed by atoms with Crippen LogP contribution in [0.15, 0.2) is 12.1 Å². The predicted molar refractivity (Wildman–Crippen MR) is 73.4 cm³/mol. The van der Waals surface area contributed by atoms with E-state index in [2.05, 4.69) is 19.1 Å². The van der Waals surface area contributed by atoms with Crippen molar-refractivity contribution in [3.63, 3.8) is 0 Å². The third-order valence-corrected chi connectivity index (χ3v) is 3.37. The van der Waals surface area contributed by atoms with Crippen molar-refractivity contribution < 1.29 is 9.47 Å². The maximum Gasteiger partial charge on any atom is 0.164 e. The predicted octanol–water partition coefficient (Wildman–Crippen LogP) is 2.69. The zero-order chi connectivity index (χ0) is 12.8. The molecule has 1 aromatic carbocycles. The lowest BCUT2D eigenvalue weighted by molar-refractivity contribution is 0.296. The van der Waals surface area contributed by atoms with Crippen molar-refractivity contribution in [2.75, 3.05) is 19.8 Å². The van der Waals surface area contributed by atoms with Gasteiger partial charge >= 0.3 is 0 Å². The van der Waals surface area contributed by atoms with Crippen LogP contribution in [0.1, 0.15) is 37.3 Å². The minimum Gasteiger partial charge on any atom is -0.490 e. The lowest BCUT2D eigenvalue weighted by Gasteiger charge is -2.15. The van der Waals surface area contributed by atoms with Gasteiger partial charge in [0.15, 0.2) is 11.5 Å². The Balaban J connectivity index is 2.22. The fourth-order valence-electron chi connectivity index (χ4n) is 2.42. The van der Waals surface area contributed by atoms with Gasteiger partial charge in [-0.1, -0.05) is 13.0 Å². The summed E-state index contributed by atoms with van der Waals surface area (Å²) in [6.07, 6.45) is 5.25. The fraction of sp³-hybridized carbons (Fsp3) is 0.600. The van der Waals surface area contributed by atoms with Gasteiger partial charge in [0.05, 0.1) is 13.2 Å². The summed E-state index contributed by atoms with van der Waals surface area (Å²) in [5.41, 5.74) is 8.25. The van der Waals surface area contributed by atoms with Crippen LogP contribution in [0.5, 0.6) is 11.5 Å². The van der Waals surface area contributed by atoms with Crippen LogP contribution in [0.25, 0.3) is 0 Å². The van der Waals surface area contributed by atoms with Crippen LogP contribution in [0.4, 0.5) is 0 Å². The van der Waals surface area contributed by atoms with Gasteiger partial charge < -0.3 is 15.2 Å². The summed E-state index contributed by atoms with van der Waals surface area (Å²) >= 11 is 0. The number of fused-ring (bicyclic) bond motifs is 1. The highest BCUT2D eigenvalue weighted by atomic mass is 16.5. The first-order valence-electron chi connectivity index (χ1n) is 6.97. The Kier molecular flexibility index (Phi) is 4.88. The quantitative estimate of drug-likeness (QED) is 0.816. The third-order valence-electron chi connectivity index (χ3n) is 3.37. The zero-order valence-electron chi connectivity index (χ0n) is 11.2. The normalized spacial score (nSPS) is 14.3. The molecule has 1 aromatic rings. The Morgan fingerprint density at radius 2 is 2.00 bits per heavy atom. The Bertz CT molecular complexity index is 390. The number of aryl methyl sites for hydroxylation is 1. The van der Waals surface area contributed by atoms with Crippen molar-refractivity contribution in [3.8, 4) is 11.5 Å². The van der Waals surface area contributed by atoms with Gasteiger partial charge in [-0.3, -0.25) is 0 Å². The van der Waals surface area contributed by atoms with E-state index < -0.39 is 0 Å². The molecule has 0 saturated heterocycles. The van der Waals surface area contributed by atoms with E-state index in [4.69, 9.17) is 15.2 Å². The van der Waals surface area contributed by atoms with Gasteiger partial charge in [-0.2, -0.15) is 0 Å². The molecule has 0 bridgehead atoms. The van der Waals surface area contributed by atoms with Gasteiger partial charge in [-0.15, -0.1) is 0 Å². The monoisotopic (exact) mass is 249 g/mol. The van der Waals surface area contributed by atoms with Crippen molar-refractivity contribution in [1.29, 1.82) is 0 Å². The molecular formula is C15H23NO2. The molecule has 3 heteroatoms. The number of rotatable bonds is 5. The number of hydrogen-bond acceptors (Lipinski definition) is 3.